The molecule has 15 heavy (non-hydrogen) atoms. The van der Waals surface area contributed by atoms with Crippen LogP contribution in [0.15, 0.2) is 24.3 Å². The SMILES string of the molecule is C=C(C)C1CCCc2c1ccc(C)c2C. The first-order valence-electron chi connectivity index (χ1n) is 5.85. The lowest BCUT2D eigenvalue weighted by atomic mass is 9.77. The van der Waals surface area contributed by atoms with Crippen LogP contribution in [0.2, 0.25) is 0 Å². The Morgan fingerprint density at radius 2 is 2.07 bits per heavy atom. The number of hydrogen-bond donors (Lipinski definition) is 0. The highest BCUT2D eigenvalue weighted by Crippen LogP contribution is 2.37. The van der Waals surface area contributed by atoms with E-state index in [9.17, 15) is 0 Å². The molecule has 0 N–H and O–H groups in total. The first-order chi connectivity index (χ1) is 7.11. The number of rotatable bonds is 1. The van der Waals surface area contributed by atoms with Gasteiger partial charge in [0.1, 0.15) is 0 Å². The van der Waals surface area contributed by atoms with Crippen molar-refractivity contribution in [2.45, 2.75) is 46.0 Å². The molecule has 0 bridgehead atoms. The van der Waals surface area contributed by atoms with E-state index in [0.717, 1.165) is 0 Å². The molecule has 0 heteroatoms. The van der Waals surface area contributed by atoms with Gasteiger partial charge in [0, 0.05) is 5.92 Å². The Bertz CT molecular complexity index is 399. The molecule has 0 radical (unpaired) electrons. The van der Waals surface area contributed by atoms with Gasteiger partial charge in [-0.05, 0) is 62.3 Å². The Hall–Kier alpha value is -1.04. The van der Waals surface area contributed by atoms with Crippen LogP contribution in [-0.2, 0) is 6.42 Å². The third-order valence-electron chi connectivity index (χ3n) is 3.80. The predicted octanol–water partition coefficient (Wildman–Crippen LogP) is 4.30. The summed E-state index contributed by atoms with van der Waals surface area (Å²) in [5, 5.41) is 0. The molecule has 2 rings (SSSR count). The van der Waals surface area contributed by atoms with Gasteiger partial charge in [0.05, 0.1) is 0 Å². The Balaban J connectivity index is 2.54. The van der Waals surface area contributed by atoms with E-state index < -0.39 is 0 Å². The standard InChI is InChI=1S/C15H20/c1-10(2)13-6-5-7-14-12(4)11(3)8-9-15(13)14/h8-9,13H,1,5-7H2,2-4H3. The molecule has 0 saturated carbocycles. The van der Waals surface area contributed by atoms with E-state index in [1.807, 2.05) is 0 Å². The molecule has 1 atom stereocenters. The van der Waals surface area contributed by atoms with Crippen molar-refractivity contribution in [2.75, 3.05) is 0 Å². The molecule has 1 aromatic carbocycles. The van der Waals surface area contributed by atoms with Gasteiger partial charge in [-0.1, -0.05) is 24.3 Å². The summed E-state index contributed by atoms with van der Waals surface area (Å²) in [7, 11) is 0. The van der Waals surface area contributed by atoms with Gasteiger partial charge in [0.25, 0.3) is 0 Å². The van der Waals surface area contributed by atoms with Gasteiger partial charge >= 0.3 is 0 Å². The molecule has 1 aliphatic rings. The van der Waals surface area contributed by atoms with Crippen LogP contribution in [0.4, 0.5) is 0 Å². The first-order valence-corrected chi connectivity index (χ1v) is 5.85. The van der Waals surface area contributed by atoms with Crippen molar-refractivity contribution in [2.24, 2.45) is 0 Å². The highest BCUT2D eigenvalue weighted by atomic mass is 14.3. The minimum absolute atomic E-state index is 0.605. The third-order valence-corrected chi connectivity index (χ3v) is 3.80. The molecule has 0 aromatic heterocycles. The monoisotopic (exact) mass is 200 g/mol. The van der Waals surface area contributed by atoms with Crippen LogP contribution in [0.3, 0.4) is 0 Å². The van der Waals surface area contributed by atoms with Gasteiger partial charge in [-0.3, -0.25) is 0 Å². The summed E-state index contributed by atoms with van der Waals surface area (Å²) in [6, 6.07) is 4.58. The van der Waals surface area contributed by atoms with Crippen molar-refractivity contribution in [1.82, 2.24) is 0 Å². The fourth-order valence-electron chi connectivity index (χ4n) is 2.70. The fraction of sp³-hybridized carbons (Fsp3) is 0.467. The minimum atomic E-state index is 0.605. The summed E-state index contributed by atoms with van der Waals surface area (Å²) in [5.41, 5.74) is 7.37. The summed E-state index contributed by atoms with van der Waals surface area (Å²) >= 11 is 0. The Kier molecular flexibility index (Phi) is 2.68. The second kappa shape index (κ2) is 3.84. The zero-order chi connectivity index (χ0) is 11.0. The molecule has 0 saturated heterocycles. The van der Waals surface area contributed by atoms with Crippen molar-refractivity contribution < 1.29 is 0 Å². The van der Waals surface area contributed by atoms with Crippen molar-refractivity contribution in [3.8, 4) is 0 Å². The van der Waals surface area contributed by atoms with Crippen molar-refractivity contribution in [1.29, 1.82) is 0 Å². The summed E-state index contributed by atoms with van der Waals surface area (Å²) in [5.74, 6) is 0.605. The maximum absolute atomic E-state index is 4.13. The van der Waals surface area contributed by atoms with Crippen LogP contribution >= 0.6 is 0 Å². The molecule has 0 heterocycles. The van der Waals surface area contributed by atoms with E-state index in [-0.39, 0.29) is 0 Å². The van der Waals surface area contributed by atoms with Gasteiger partial charge in [0.2, 0.25) is 0 Å². The van der Waals surface area contributed by atoms with E-state index in [1.165, 1.54) is 41.5 Å². The molecule has 0 aliphatic heterocycles. The molecular weight excluding hydrogens is 180 g/mol. The van der Waals surface area contributed by atoms with Gasteiger partial charge in [0.15, 0.2) is 0 Å². The molecule has 0 spiro atoms. The van der Waals surface area contributed by atoms with Gasteiger partial charge in [-0.15, -0.1) is 0 Å². The van der Waals surface area contributed by atoms with Gasteiger partial charge in [-0.25, -0.2) is 0 Å². The van der Waals surface area contributed by atoms with E-state index in [2.05, 4.69) is 39.5 Å². The average molecular weight is 200 g/mol. The average Bonchev–Trinajstić information content (AvgIpc) is 2.23. The highest BCUT2D eigenvalue weighted by Gasteiger charge is 2.22. The van der Waals surface area contributed by atoms with E-state index in [1.54, 1.807) is 5.56 Å². The molecule has 0 nitrogen and oxygen atoms in total. The Morgan fingerprint density at radius 1 is 1.33 bits per heavy atom. The first kappa shape index (κ1) is 10.5. The lowest BCUT2D eigenvalue weighted by molar-refractivity contribution is 0.606. The molecular formula is C15H20. The Labute approximate surface area is 93.0 Å². The molecule has 1 unspecified atom stereocenters. The van der Waals surface area contributed by atoms with E-state index in [4.69, 9.17) is 0 Å². The smallest absolute Gasteiger partial charge is 0.00456 e. The van der Waals surface area contributed by atoms with Crippen molar-refractivity contribution in [3.63, 3.8) is 0 Å². The summed E-state index contributed by atoms with van der Waals surface area (Å²) < 4.78 is 0. The Morgan fingerprint density at radius 3 is 2.73 bits per heavy atom. The van der Waals surface area contributed by atoms with Gasteiger partial charge in [-0.2, -0.15) is 0 Å². The zero-order valence-electron chi connectivity index (χ0n) is 10.1. The van der Waals surface area contributed by atoms with Crippen LogP contribution in [0, 0.1) is 13.8 Å². The van der Waals surface area contributed by atoms with Crippen LogP contribution in [0.1, 0.15) is 47.9 Å². The molecule has 1 aliphatic carbocycles. The maximum atomic E-state index is 4.13. The topological polar surface area (TPSA) is 0 Å². The van der Waals surface area contributed by atoms with Crippen LogP contribution in [-0.4, -0.2) is 0 Å². The number of aryl methyl sites for hydroxylation is 1. The van der Waals surface area contributed by atoms with Crippen molar-refractivity contribution >= 4 is 0 Å². The molecule has 1 aromatic rings. The summed E-state index contributed by atoms with van der Waals surface area (Å²) in [6.07, 6.45) is 3.85. The normalized spacial score (nSPS) is 19.8. The van der Waals surface area contributed by atoms with E-state index in [0.29, 0.717) is 5.92 Å². The van der Waals surface area contributed by atoms with E-state index >= 15 is 0 Å². The molecule has 80 valence electrons. The summed E-state index contributed by atoms with van der Waals surface area (Å²) in [4.78, 5) is 0. The fourth-order valence-corrected chi connectivity index (χ4v) is 2.70. The molecule has 0 fully saturated rings. The predicted molar refractivity (Wildman–Crippen MR) is 66.4 cm³/mol. The second-order valence-electron chi connectivity index (χ2n) is 4.87. The second-order valence-corrected chi connectivity index (χ2v) is 4.87. The highest BCUT2D eigenvalue weighted by molar-refractivity contribution is 5.45. The number of benzene rings is 1. The number of allylic oxidation sites excluding steroid dienone is 1. The maximum Gasteiger partial charge on any atom is 0.00456 e. The lowest BCUT2D eigenvalue weighted by Crippen LogP contribution is -2.12. The van der Waals surface area contributed by atoms with Crippen molar-refractivity contribution in [3.05, 3.63) is 46.5 Å². The number of hydrogen-bond acceptors (Lipinski definition) is 0. The zero-order valence-corrected chi connectivity index (χ0v) is 10.1. The van der Waals surface area contributed by atoms with Crippen LogP contribution < -0.4 is 0 Å². The van der Waals surface area contributed by atoms with Crippen LogP contribution in [0.5, 0.6) is 0 Å². The quantitative estimate of drug-likeness (QED) is 0.593. The lowest BCUT2D eigenvalue weighted by Gasteiger charge is -2.28. The van der Waals surface area contributed by atoms with Crippen LogP contribution in [0.25, 0.3) is 0 Å². The largest absolute Gasteiger partial charge is 0.0995 e. The number of fused-ring (bicyclic) bond motifs is 1. The summed E-state index contributed by atoms with van der Waals surface area (Å²) in [6.45, 7) is 10.8. The minimum Gasteiger partial charge on any atom is -0.0995 e. The van der Waals surface area contributed by atoms with Gasteiger partial charge < -0.3 is 0 Å². The third kappa shape index (κ3) is 1.73. The molecule has 0 amide bonds.